The Labute approximate surface area is 164 Å². The summed E-state index contributed by atoms with van der Waals surface area (Å²) < 4.78 is 5.44. The van der Waals surface area contributed by atoms with Gasteiger partial charge in [0, 0.05) is 38.2 Å². The fourth-order valence-corrected chi connectivity index (χ4v) is 3.92. The molecule has 1 aromatic carbocycles. The van der Waals surface area contributed by atoms with Crippen LogP contribution in [-0.2, 0) is 9.59 Å². The smallest absolute Gasteiger partial charge is 0.310 e. The molecule has 0 bridgehead atoms. The fourth-order valence-electron chi connectivity index (χ4n) is 3.92. The number of carbonyl (C=O) groups is 2. The molecule has 3 rings (SSSR count). The third-order valence-electron chi connectivity index (χ3n) is 5.53. The second-order valence-corrected chi connectivity index (χ2v) is 7.36. The molecule has 2 aliphatic rings. The molecule has 2 amide bonds. The third-order valence-corrected chi connectivity index (χ3v) is 5.53. The second kappa shape index (κ2) is 9.52. The van der Waals surface area contributed by atoms with Crippen molar-refractivity contribution in [2.45, 2.75) is 38.5 Å². The SMILES string of the molecule is O=C(CCOc1ccccc1[N+](=O)[O-])N1CCN(C(=O)C2CCCCC2)CC1. The van der Waals surface area contributed by atoms with E-state index >= 15 is 0 Å². The van der Waals surface area contributed by atoms with Crippen LogP contribution in [0.3, 0.4) is 0 Å². The highest BCUT2D eigenvalue weighted by Gasteiger charge is 2.29. The molecule has 8 nitrogen and oxygen atoms in total. The minimum atomic E-state index is -0.500. The lowest BCUT2D eigenvalue weighted by Crippen LogP contribution is -2.52. The van der Waals surface area contributed by atoms with Gasteiger partial charge in [-0.1, -0.05) is 31.4 Å². The summed E-state index contributed by atoms with van der Waals surface area (Å²) in [5.41, 5.74) is -0.107. The topological polar surface area (TPSA) is 93.0 Å². The molecule has 0 N–H and O–H groups in total. The van der Waals surface area contributed by atoms with Crippen molar-refractivity contribution in [3.8, 4) is 5.75 Å². The van der Waals surface area contributed by atoms with Crippen LogP contribution in [-0.4, -0.2) is 59.3 Å². The number of hydrogen-bond donors (Lipinski definition) is 0. The normalized spacial score (nSPS) is 18.0. The van der Waals surface area contributed by atoms with Crippen LogP contribution in [0.4, 0.5) is 5.69 Å². The van der Waals surface area contributed by atoms with Crippen LogP contribution in [0.5, 0.6) is 5.75 Å². The number of carbonyl (C=O) groups excluding carboxylic acids is 2. The molecular formula is C20H27N3O5. The van der Waals surface area contributed by atoms with Gasteiger partial charge in [-0.3, -0.25) is 19.7 Å². The number of benzene rings is 1. The Balaban J connectivity index is 1.42. The highest BCUT2D eigenvalue weighted by molar-refractivity contribution is 5.80. The van der Waals surface area contributed by atoms with Crippen molar-refractivity contribution in [3.63, 3.8) is 0 Å². The zero-order chi connectivity index (χ0) is 19.9. The monoisotopic (exact) mass is 389 g/mol. The van der Waals surface area contributed by atoms with Gasteiger partial charge >= 0.3 is 5.69 Å². The molecule has 1 saturated carbocycles. The number of ether oxygens (including phenoxy) is 1. The number of para-hydroxylation sites is 2. The van der Waals surface area contributed by atoms with E-state index in [1.165, 1.54) is 18.6 Å². The first-order chi connectivity index (χ1) is 13.6. The van der Waals surface area contributed by atoms with Gasteiger partial charge in [-0.25, -0.2) is 0 Å². The largest absolute Gasteiger partial charge is 0.486 e. The van der Waals surface area contributed by atoms with E-state index in [4.69, 9.17) is 4.74 Å². The Morgan fingerprint density at radius 2 is 1.68 bits per heavy atom. The molecule has 1 heterocycles. The predicted molar refractivity (Wildman–Crippen MR) is 103 cm³/mol. The highest BCUT2D eigenvalue weighted by atomic mass is 16.6. The van der Waals surface area contributed by atoms with Gasteiger partial charge in [0.05, 0.1) is 18.0 Å². The van der Waals surface area contributed by atoms with Crippen molar-refractivity contribution in [1.82, 2.24) is 9.80 Å². The van der Waals surface area contributed by atoms with Crippen LogP contribution in [0.25, 0.3) is 0 Å². The molecule has 1 saturated heterocycles. The lowest BCUT2D eigenvalue weighted by molar-refractivity contribution is -0.385. The van der Waals surface area contributed by atoms with Crippen molar-refractivity contribution in [1.29, 1.82) is 0 Å². The van der Waals surface area contributed by atoms with Crippen LogP contribution in [0.1, 0.15) is 38.5 Å². The van der Waals surface area contributed by atoms with E-state index in [1.54, 1.807) is 17.0 Å². The van der Waals surface area contributed by atoms with E-state index in [0.717, 1.165) is 25.7 Å². The maximum absolute atomic E-state index is 12.6. The lowest BCUT2D eigenvalue weighted by Gasteiger charge is -2.37. The van der Waals surface area contributed by atoms with E-state index in [9.17, 15) is 19.7 Å². The Kier molecular flexibility index (Phi) is 6.84. The second-order valence-electron chi connectivity index (χ2n) is 7.36. The number of nitro benzene ring substituents is 1. The summed E-state index contributed by atoms with van der Waals surface area (Å²) in [5, 5.41) is 11.0. The molecule has 0 unspecified atom stereocenters. The molecule has 2 fully saturated rings. The zero-order valence-electron chi connectivity index (χ0n) is 16.0. The number of rotatable bonds is 6. The van der Waals surface area contributed by atoms with Crippen LogP contribution >= 0.6 is 0 Å². The number of nitro groups is 1. The van der Waals surface area contributed by atoms with Crippen molar-refractivity contribution < 1.29 is 19.2 Å². The molecule has 0 aromatic heterocycles. The van der Waals surface area contributed by atoms with E-state index in [-0.39, 0.29) is 42.2 Å². The van der Waals surface area contributed by atoms with Crippen LogP contribution in [0.15, 0.2) is 24.3 Å². The lowest BCUT2D eigenvalue weighted by atomic mass is 9.88. The molecule has 1 aromatic rings. The van der Waals surface area contributed by atoms with E-state index in [1.807, 2.05) is 4.90 Å². The maximum Gasteiger partial charge on any atom is 0.310 e. The Morgan fingerprint density at radius 1 is 1.04 bits per heavy atom. The van der Waals surface area contributed by atoms with Crippen molar-refractivity contribution in [3.05, 3.63) is 34.4 Å². The quantitative estimate of drug-likeness (QED) is 0.551. The average molecular weight is 389 g/mol. The van der Waals surface area contributed by atoms with Crippen LogP contribution < -0.4 is 4.74 Å². The Morgan fingerprint density at radius 3 is 2.36 bits per heavy atom. The van der Waals surface area contributed by atoms with Gasteiger partial charge in [0.2, 0.25) is 11.8 Å². The molecule has 152 valence electrons. The molecule has 0 spiro atoms. The van der Waals surface area contributed by atoms with Crippen LogP contribution in [0, 0.1) is 16.0 Å². The summed E-state index contributed by atoms with van der Waals surface area (Å²) in [7, 11) is 0. The number of amides is 2. The predicted octanol–water partition coefficient (Wildman–Crippen LogP) is 2.61. The van der Waals surface area contributed by atoms with E-state index in [2.05, 4.69) is 0 Å². The summed E-state index contributed by atoms with van der Waals surface area (Å²) in [6, 6.07) is 6.13. The highest BCUT2D eigenvalue weighted by Crippen LogP contribution is 2.27. The van der Waals surface area contributed by atoms with Crippen LogP contribution in [0.2, 0.25) is 0 Å². The van der Waals surface area contributed by atoms with Gasteiger partial charge in [-0.15, -0.1) is 0 Å². The average Bonchev–Trinajstić information content (AvgIpc) is 2.74. The molecule has 0 atom stereocenters. The first kappa shape index (κ1) is 20.1. The summed E-state index contributed by atoms with van der Waals surface area (Å²) in [4.78, 5) is 39.1. The van der Waals surface area contributed by atoms with Gasteiger partial charge in [0.1, 0.15) is 0 Å². The van der Waals surface area contributed by atoms with Gasteiger partial charge in [0.25, 0.3) is 0 Å². The Bertz CT molecular complexity index is 710. The fraction of sp³-hybridized carbons (Fsp3) is 0.600. The zero-order valence-corrected chi connectivity index (χ0v) is 16.0. The van der Waals surface area contributed by atoms with Gasteiger partial charge in [-0.2, -0.15) is 0 Å². The molecular weight excluding hydrogens is 362 g/mol. The summed E-state index contributed by atoms with van der Waals surface area (Å²) >= 11 is 0. The summed E-state index contributed by atoms with van der Waals surface area (Å²) in [5.74, 6) is 0.518. The summed E-state index contributed by atoms with van der Waals surface area (Å²) in [6.07, 6.45) is 5.62. The van der Waals surface area contributed by atoms with Crippen molar-refractivity contribution in [2.24, 2.45) is 5.92 Å². The number of hydrogen-bond acceptors (Lipinski definition) is 5. The minimum Gasteiger partial charge on any atom is -0.486 e. The summed E-state index contributed by atoms with van der Waals surface area (Å²) in [6.45, 7) is 2.30. The van der Waals surface area contributed by atoms with Gasteiger partial charge < -0.3 is 14.5 Å². The van der Waals surface area contributed by atoms with Gasteiger partial charge in [-0.05, 0) is 18.9 Å². The first-order valence-corrected chi connectivity index (χ1v) is 9.99. The standard InChI is InChI=1S/C20H27N3O5/c24-19(10-15-28-18-9-5-4-8-17(18)23(26)27)21-11-13-22(14-12-21)20(25)16-6-2-1-3-7-16/h4-5,8-9,16H,1-3,6-7,10-15H2. The van der Waals surface area contributed by atoms with Crippen molar-refractivity contribution in [2.75, 3.05) is 32.8 Å². The molecule has 28 heavy (non-hydrogen) atoms. The number of nitrogens with zero attached hydrogens (tertiary/aromatic N) is 3. The minimum absolute atomic E-state index is 0.0525. The third kappa shape index (κ3) is 4.99. The van der Waals surface area contributed by atoms with Gasteiger partial charge in [0.15, 0.2) is 5.75 Å². The Hall–Kier alpha value is -2.64. The van der Waals surface area contributed by atoms with Crippen molar-refractivity contribution >= 4 is 17.5 Å². The molecule has 8 heteroatoms. The molecule has 0 radical (unpaired) electrons. The molecule has 1 aliphatic carbocycles. The van der Waals surface area contributed by atoms with E-state index < -0.39 is 4.92 Å². The first-order valence-electron chi connectivity index (χ1n) is 9.99. The molecule has 1 aliphatic heterocycles. The van der Waals surface area contributed by atoms with E-state index in [0.29, 0.717) is 26.2 Å². The number of piperazine rings is 1. The maximum atomic E-state index is 12.6.